The Labute approximate surface area is 101 Å². The second-order valence-electron chi connectivity index (χ2n) is 3.83. The molecule has 0 unspecified atom stereocenters. The van der Waals surface area contributed by atoms with Gasteiger partial charge in [0.2, 0.25) is 0 Å². The molecule has 94 valence electrons. The molecule has 1 N–H and O–H groups in total. The SMILES string of the molecule is COCCCCNc1cccc([N+](=O)[O-])c1C. The minimum atomic E-state index is -0.356. The number of hydrogen-bond donors (Lipinski definition) is 1. The largest absolute Gasteiger partial charge is 0.385 e. The monoisotopic (exact) mass is 238 g/mol. The molecule has 1 aromatic rings. The number of rotatable bonds is 7. The molecule has 0 heterocycles. The summed E-state index contributed by atoms with van der Waals surface area (Å²) in [5, 5.41) is 14.0. The molecule has 0 spiro atoms. The van der Waals surface area contributed by atoms with Gasteiger partial charge in [-0.2, -0.15) is 0 Å². The molecular formula is C12H18N2O3. The fraction of sp³-hybridized carbons (Fsp3) is 0.500. The Morgan fingerprint density at radius 1 is 1.41 bits per heavy atom. The van der Waals surface area contributed by atoms with Gasteiger partial charge in [0, 0.05) is 37.6 Å². The van der Waals surface area contributed by atoms with Gasteiger partial charge < -0.3 is 10.1 Å². The molecular weight excluding hydrogens is 220 g/mol. The maximum atomic E-state index is 10.8. The van der Waals surface area contributed by atoms with Gasteiger partial charge in [-0.15, -0.1) is 0 Å². The lowest BCUT2D eigenvalue weighted by Gasteiger charge is -2.09. The van der Waals surface area contributed by atoms with Crippen molar-refractivity contribution in [2.24, 2.45) is 0 Å². The van der Waals surface area contributed by atoms with Crippen LogP contribution in [0.2, 0.25) is 0 Å². The lowest BCUT2D eigenvalue weighted by Crippen LogP contribution is -2.05. The van der Waals surface area contributed by atoms with Gasteiger partial charge in [-0.25, -0.2) is 0 Å². The number of hydrogen-bond acceptors (Lipinski definition) is 4. The Balaban J connectivity index is 2.54. The van der Waals surface area contributed by atoms with Gasteiger partial charge in [0.15, 0.2) is 0 Å². The predicted octanol–water partition coefficient (Wildman–Crippen LogP) is 2.74. The van der Waals surface area contributed by atoms with E-state index in [-0.39, 0.29) is 10.6 Å². The topological polar surface area (TPSA) is 64.4 Å². The number of nitrogens with one attached hydrogen (secondary N) is 1. The van der Waals surface area contributed by atoms with Crippen molar-refractivity contribution in [2.45, 2.75) is 19.8 Å². The smallest absolute Gasteiger partial charge is 0.274 e. The number of nitrogens with zero attached hydrogens (tertiary/aromatic N) is 1. The molecule has 1 rings (SSSR count). The fourth-order valence-corrected chi connectivity index (χ4v) is 1.61. The van der Waals surface area contributed by atoms with Crippen molar-refractivity contribution in [1.82, 2.24) is 0 Å². The molecule has 0 fully saturated rings. The lowest BCUT2D eigenvalue weighted by atomic mass is 10.1. The first kappa shape index (κ1) is 13.4. The van der Waals surface area contributed by atoms with Crippen molar-refractivity contribution in [2.75, 3.05) is 25.6 Å². The van der Waals surface area contributed by atoms with Crippen LogP contribution < -0.4 is 5.32 Å². The van der Waals surface area contributed by atoms with E-state index >= 15 is 0 Å². The van der Waals surface area contributed by atoms with E-state index in [0.29, 0.717) is 5.56 Å². The Kier molecular flexibility index (Phi) is 5.42. The summed E-state index contributed by atoms with van der Waals surface area (Å²) in [5.74, 6) is 0. The molecule has 0 aliphatic carbocycles. The average Bonchev–Trinajstić information content (AvgIpc) is 2.30. The van der Waals surface area contributed by atoms with E-state index in [1.54, 1.807) is 20.1 Å². The molecule has 17 heavy (non-hydrogen) atoms. The van der Waals surface area contributed by atoms with Gasteiger partial charge in [0.25, 0.3) is 5.69 Å². The molecule has 0 saturated carbocycles. The highest BCUT2D eigenvalue weighted by atomic mass is 16.6. The molecule has 0 amide bonds. The van der Waals surface area contributed by atoms with Gasteiger partial charge in [0.1, 0.15) is 0 Å². The molecule has 1 aromatic carbocycles. The van der Waals surface area contributed by atoms with Gasteiger partial charge in [-0.3, -0.25) is 10.1 Å². The maximum absolute atomic E-state index is 10.8. The molecule has 0 aliphatic heterocycles. The molecule has 5 heteroatoms. The number of unbranched alkanes of at least 4 members (excludes halogenated alkanes) is 1. The van der Waals surface area contributed by atoms with Gasteiger partial charge >= 0.3 is 0 Å². The van der Waals surface area contributed by atoms with E-state index < -0.39 is 0 Å². The van der Waals surface area contributed by atoms with Crippen LogP contribution >= 0.6 is 0 Å². The highest BCUT2D eigenvalue weighted by molar-refractivity contribution is 5.59. The second-order valence-corrected chi connectivity index (χ2v) is 3.83. The summed E-state index contributed by atoms with van der Waals surface area (Å²) >= 11 is 0. The van der Waals surface area contributed by atoms with Crippen molar-refractivity contribution < 1.29 is 9.66 Å². The van der Waals surface area contributed by atoms with Crippen LogP contribution in [0.1, 0.15) is 18.4 Å². The van der Waals surface area contributed by atoms with Crippen LogP contribution in [0.15, 0.2) is 18.2 Å². The van der Waals surface area contributed by atoms with Crippen LogP contribution in [0.5, 0.6) is 0 Å². The first-order valence-corrected chi connectivity index (χ1v) is 5.63. The summed E-state index contributed by atoms with van der Waals surface area (Å²) < 4.78 is 4.95. The first-order chi connectivity index (χ1) is 8.16. The van der Waals surface area contributed by atoms with Crippen molar-refractivity contribution in [3.63, 3.8) is 0 Å². The Morgan fingerprint density at radius 2 is 2.18 bits per heavy atom. The van der Waals surface area contributed by atoms with Crippen LogP contribution in [0.25, 0.3) is 0 Å². The van der Waals surface area contributed by atoms with Gasteiger partial charge in [-0.1, -0.05) is 6.07 Å². The summed E-state index contributed by atoms with van der Waals surface area (Å²) in [6, 6.07) is 5.08. The summed E-state index contributed by atoms with van der Waals surface area (Å²) in [7, 11) is 1.68. The zero-order valence-electron chi connectivity index (χ0n) is 10.2. The highest BCUT2D eigenvalue weighted by Gasteiger charge is 2.12. The minimum Gasteiger partial charge on any atom is -0.385 e. The van der Waals surface area contributed by atoms with Gasteiger partial charge in [-0.05, 0) is 25.8 Å². The number of nitro benzene ring substituents is 1. The Bertz CT molecular complexity index is 380. The third-order valence-electron chi connectivity index (χ3n) is 2.59. The van der Waals surface area contributed by atoms with E-state index in [0.717, 1.165) is 31.7 Å². The highest BCUT2D eigenvalue weighted by Crippen LogP contribution is 2.24. The molecule has 0 atom stereocenters. The second kappa shape index (κ2) is 6.85. The van der Waals surface area contributed by atoms with Crippen molar-refractivity contribution in [3.8, 4) is 0 Å². The summed E-state index contributed by atoms with van der Waals surface area (Å²) in [4.78, 5) is 10.4. The standard InChI is InChI=1S/C12H18N2O3/c1-10-11(13-8-3-4-9-17-2)6-5-7-12(10)14(15)16/h5-7,13H,3-4,8-9H2,1-2H3. The zero-order chi connectivity index (χ0) is 12.7. The molecule has 5 nitrogen and oxygen atoms in total. The van der Waals surface area contributed by atoms with Gasteiger partial charge in [0.05, 0.1) is 4.92 Å². The minimum absolute atomic E-state index is 0.159. The predicted molar refractivity (Wildman–Crippen MR) is 67.4 cm³/mol. The van der Waals surface area contributed by atoms with E-state index in [1.807, 2.05) is 6.07 Å². The van der Waals surface area contributed by atoms with E-state index in [1.165, 1.54) is 6.07 Å². The number of nitro groups is 1. The molecule has 0 radical (unpaired) electrons. The number of ether oxygens (including phenoxy) is 1. The molecule has 0 aromatic heterocycles. The van der Waals surface area contributed by atoms with E-state index in [9.17, 15) is 10.1 Å². The summed E-state index contributed by atoms with van der Waals surface area (Å²) in [5.41, 5.74) is 1.67. The quantitative estimate of drug-likeness (QED) is 0.450. The van der Waals surface area contributed by atoms with Crippen LogP contribution in [-0.4, -0.2) is 25.2 Å². The average molecular weight is 238 g/mol. The molecule has 0 saturated heterocycles. The lowest BCUT2D eigenvalue weighted by molar-refractivity contribution is -0.385. The van der Waals surface area contributed by atoms with E-state index in [2.05, 4.69) is 5.32 Å². The third kappa shape index (κ3) is 4.03. The van der Waals surface area contributed by atoms with Crippen molar-refractivity contribution in [1.29, 1.82) is 0 Å². The van der Waals surface area contributed by atoms with E-state index in [4.69, 9.17) is 4.74 Å². The van der Waals surface area contributed by atoms with Crippen LogP contribution in [-0.2, 0) is 4.74 Å². The zero-order valence-corrected chi connectivity index (χ0v) is 10.2. The summed E-state index contributed by atoms with van der Waals surface area (Å²) in [6.07, 6.45) is 1.97. The normalized spacial score (nSPS) is 10.2. The van der Waals surface area contributed by atoms with Crippen molar-refractivity contribution in [3.05, 3.63) is 33.9 Å². The van der Waals surface area contributed by atoms with Crippen molar-refractivity contribution >= 4 is 11.4 Å². The van der Waals surface area contributed by atoms with Crippen LogP contribution in [0.3, 0.4) is 0 Å². The maximum Gasteiger partial charge on any atom is 0.274 e. The molecule has 0 bridgehead atoms. The molecule has 0 aliphatic rings. The third-order valence-corrected chi connectivity index (χ3v) is 2.59. The first-order valence-electron chi connectivity index (χ1n) is 5.63. The summed E-state index contributed by atoms with van der Waals surface area (Å²) in [6.45, 7) is 3.30. The Morgan fingerprint density at radius 3 is 2.82 bits per heavy atom. The number of anilines is 1. The van der Waals surface area contributed by atoms with Crippen LogP contribution in [0.4, 0.5) is 11.4 Å². The Hall–Kier alpha value is -1.62. The number of benzene rings is 1. The number of methoxy groups -OCH3 is 1. The van der Waals surface area contributed by atoms with Crippen LogP contribution in [0, 0.1) is 17.0 Å². The fourth-order valence-electron chi connectivity index (χ4n) is 1.61.